The molecule has 0 aliphatic carbocycles. The molecule has 4 aromatic rings. The molecule has 3 N–H and O–H groups in total. The molecule has 38 heavy (non-hydrogen) atoms. The molecule has 3 aromatic carbocycles. The van der Waals surface area contributed by atoms with E-state index in [1.165, 1.54) is 18.4 Å². The van der Waals surface area contributed by atoms with Gasteiger partial charge >= 0.3 is 0 Å². The summed E-state index contributed by atoms with van der Waals surface area (Å²) in [5, 5.41) is 14.6. The maximum absolute atomic E-state index is 11.9. The Bertz CT molecular complexity index is 1520. The largest absolute Gasteiger partial charge is 0.494 e. The quantitative estimate of drug-likeness (QED) is 0.239. The second kappa shape index (κ2) is 11.4. The summed E-state index contributed by atoms with van der Waals surface area (Å²) >= 11 is 0. The number of aliphatic imine (C=N–C) groups is 1. The van der Waals surface area contributed by atoms with Crippen LogP contribution in [0.5, 0.6) is 5.88 Å². The van der Waals surface area contributed by atoms with Gasteiger partial charge in [0.25, 0.3) is 5.91 Å². The molecule has 0 saturated carbocycles. The average molecular weight is 505 g/mol. The minimum Gasteiger partial charge on any atom is -0.494 e. The lowest BCUT2D eigenvalue weighted by Gasteiger charge is -2.14. The molecule has 5 rings (SSSR count). The number of aromatic hydroxyl groups is 1. The van der Waals surface area contributed by atoms with E-state index in [0.717, 1.165) is 41.8 Å². The average Bonchev–Trinajstić information content (AvgIpc) is 3.53. The predicted molar refractivity (Wildman–Crippen MR) is 153 cm³/mol. The van der Waals surface area contributed by atoms with Crippen molar-refractivity contribution in [3.8, 4) is 17.7 Å². The van der Waals surface area contributed by atoms with Crippen molar-refractivity contribution in [2.45, 2.75) is 39.3 Å². The summed E-state index contributed by atoms with van der Waals surface area (Å²) in [6.45, 7) is 7.07. The number of nitrogens with one attached hydrogen (secondary N) is 2. The molecule has 0 atom stereocenters. The van der Waals surface area contributed by atoms with Crippen LogP contribution >= 0.6 is 0 Å². The monoisotopic (exact) mass is 504 g/mol. The number of amides is 1. The Balaban J connectivity index is 1.50. The Hall–Kier alpha value is -4.34. The smallest absolute Gasteiger partial charge is 0.296 e. The zero-order valence-electron chi connectivity index (χ0n) is 21.8. The summed E-state index contributed by atoms with van der Waals surface area (Å²) in [6, 6.07) is 23.8. The second-order valence-electron chi connectivity index (χ2n) is 9.96. The Kier molecular flexibility index (Phi) is 7.57. The van der Waals surface area contributed by atoms with Gasteiger partial charge in [-0.3, -0.25) is 9.69 Å². The van der Waals surface area contributed by atoms with Crippen LogP contribution in [0.25, 0.3) is 10.9 Å². The molecular weight excluding hydrogens is 472 g/mol. The van der Waals surface area contributed by atoms with E-state index in [1.807, 2.05) is 74.5 Å². The predicted octanol–water partition coefficient (Wildman–Crippen LogP) is 5.51. The fourth-order valence-electron chi connectivity index (χ4n) is 4.79. The van der Waals surface area contributed by atoms with Gasteiger partial charge < -0.3 is 15.4 Å². The number of rotatable bonds is 6. The highest BCUT2D eigenvalue weighted by molar-refractivity contribution is 6.22. The number of fused-ring (bicyclic) bond motifs is 1. The molecular formula is C32H32N4O2. The fraction of sp³-hybridized carbons (Fsp3) is 0.250. The summed E-state index contributed by atoms with van der Waals surface area (Å²) in [4.78, 5) is 22.5. The number of nitrogens with zero attached hydrogens (tertiary/aromatic N) is 2. The van der Waals surface area contributed by atoms with Crippen molar-refractivity contribution in [1.82, 2.24) is 15.2 Å². The van der Waals surface area contributed by atoms with Crippen molar-refractivity contribution in [2.24, 2.45) is 4.99 Å². The highest BCUT2D eigenvalue weighted by Crippen LogP contribution is 2.32. The number of aromatic nitrogens is 1. The van der Waals surface area contributed by atoms with Gasteiger partial charge in [0, 0.05) is 35.0 Å². The summed E-state index contributed by atoms with van der Waals surface area (Å²) in [6.07, 6.45) is 2.55. The number of hydrogen-bond acceptors (Lipinski definition) is 4. The van der Waals surface area contributed by atoms with E-state index in [1.54, 1.807) is 0 Å². The van der Waals surface area contributed by atoms with Gasteiger partial charge in [-0.1, -0.05) is 54.5 Å². The van der Waals surface area contributed by atoms with Crippen molar-refractivity contribution in [3.63, 3.8) is 0 Å². The number of carbonyl (C=O) groups is 1. The van der Waals surface area contributed by atoms with E-state index >= 15 is 0 Å². The van der Waals surface area contributed by atoms with Crippen LogP contribution in [0, 0.1) is 11.8 Å². The van der Waals surface area contributed by atoms with E-state index in [-0.39, 0.29) is 17.8 Å². The molecule has 0 bridgehead atoms. The standard InChI is InChI=1S/C32H32N4O2/c1-22(2)33-29(37)17-13-23-12-16-27-28(20-23)35-32(38)30(27)31(25-8-4-3-5-9-25)34-26-14-10-24(11-15-26)21-36-18-6-7-19-36/h3-5,8-12,14-16,20,22,35,38H,6-7,18-19,21H2,1-2H3,(H,33,37). The van der Waals surface area contributed by atoms with Gasteiger partial charge in [-0.2, -0.15) is 0 Å². The number of benzene rings is 3. The molecule has 2 heterocycles. The van der Waals surface area contributed by atoms with Crippen LogP contribution in [0.3, 0.4) is 0 Å². The molecule has 1 aliphatic rings. The third-order valence-electron chi connectivity index (χ3n) is 6.59. The van der Waals surface area contributed by atoms with Gasteiger partial charge in [0.05, 0.1) is 22.5 Å². The van der Waals surface area contributed by atoms with Crippen molar-refractivity contribution >= 4 is 28.2 Å². The number of carbonyl (C=O) groups excluding carboxylic acids is 1. The van der Waals surface area contributed by atoms with Crippen LogP contribution in [-0.4, -0.2) is 45.7 Å². The lowest BCUT2D eigenvalue weighted by Crippen LogP contribution is -2.28. The number of hydrogen-bond donors (Lipinski definition) is 3. The SMILES string of the molecule is CC(C)NC(=O)C#Cc1ccc2c(C(=Nc3ccc(CN4CCCC4)cc3)c3ccccc3)c(O)[nH]c2c1. The van der Waals surface area contributed by atoms with E-state index < -0.39 is 0 Å². The molecule has 0 spiro atoms. The maximum Gasteiger partial charge on any atom is 0.296 e. The molecule has 1 aromatic heterocycles. The van der Waals surface area contributed by atoms with Crippen LogP contribution in [-0.2, 0) is 11.3 Å². The van der Waals surface area contributed by atoms with Gasteiger partial charge in [0.1, 0.15) is 0 Å². The number of likely N-dealkylation sites (tertiary alicyclic amines) is 1. The van der Waals surface area contributed by atoms with Crippen LogP contribution in [0.4, 0.5) is 5.69 Å². The van der Waals surface area contributed by atoms with Gasteiger partial charge in [-0.15, -0.1) is 0 Å². The summed E-state index contributed by atoms with van der Waals surface area (Å²) < 4.78 is 0. The summed E-state index contributed by atoms with van der Waals surface area (Å²) in [5.41, 5.74) is 5.70. The second-order valence-corrected chi connectivity index (χ2v) is 9.96. The topological polar surface area (TPSA) is 80.7 Å². The highest BCUT2D eigenvalue weighted by Gasteiger charge is 2.19. The van der Waals surface area contributed by atoms with Crippen molar-refractivity contribution in [2.75, 3.05) is 13.1 Å². The molecule has 1 amide bonds. The van der Waals surface area contributed by atoms with Crippen LogP contribution in [0.15, 0.2) is 77.8 Å². The van der Waals surface area contributed by atoms with E-state index in [9.17, 15) is 9.90 Å². The van der Waals surface area contributed by atoms with Crippen molar-refractivity contribution in [1.29, 1.82) is 0 Å². The summed E-state index contributed by atoms with van der Waals surface area (Å²) in [5.74, 6) is 5.25. The Morgan fingerprint density at radius 1 is 1.05 bits per heavy atom. The van der Waals surface area contributed by atoms with Crippen LogP contribution < -0.4 is 5.32 Å². The molecule has 6 heteroatoms. The molecule has 6 nitrogen and oxygen atoms in total. The van der Waals surface area contributed by atoms with Crippen molar-refractivity contribution < 1.29 is 9.90 Å². The number of aromatic amines is 1. The molecule has 192 valence electrons. The minimum atomic E-state index is -0.319. The Morgan fingerprint density at radius 2 is 1.79 bits per heavy atom. The Morgan fingerprint density at radius 3 is 2.50 bits per heavy atom. The first-order chi connectivity index (χ1) is 18.5. The summed E-state index contributed by atoms with van der Waals surface area (Å²) in [7, 11) is 0. The molecule has 1 saturated heterocycles. The lowest BCUT2D eigenvalue weighted by molar-refractivity contribution is -0.116. The van der Waals surface area contributed by atoms with Gasteiger partial charge in [0.15, 0.2) is 5.88 Å². The first-order valence-corrected chi connectivity index (χ1v) is 13.1. The normalized spacial score (nSPS) is 14.0. The lowest BCUT2D eigenvalue weighted by atomic mass is 10.00. The van der Waals surface area contributed by atoms with Gasteiger partial charge in [0.2, 0.25) is 0 Å². The molecule has 0 radical (unpaired) electrons. The van der Waals surface area contributed by atoms with Crippen LogP contribution in [0.2, 0.25) is 0 Å². The fourth-order valence-corrected chi connectivity index (χ4v) is 4.79. The third-order valence-corrected chi connectivity index (χ3v) is 6.59. The van der Waals surface area contributed by atoms with Crippen molar-refractivity contribution in [3.05, 3.63) is 95.1 Å². The van der Waals surface area contributed by atoms with Gasteiger partial charge in [-0.25, -0.2) is 4.99 Å². The molecule has 1 fully saturated rings. The zero-order chi connectivity index (χ0) is 26.5. The first kappa shape index (κ1) is 25.3. The van der Waals surface area contributed by atoms with E-state index in [4.69, 9.17) is 4.99 Å². The van der Waals surface area contributed by atoms with Crippen LogP contribution in [0.1, 0.15) is 48.9 Å². The molecule has 1 aliphatic heterocycles. The van der Waals surface area contributed by atoms with E-state index in [2.05, 4.69) is 39.2 Å². The third kappa shape index (κ3) is 5.96. The highest BCUT2D eigenvalue weighted by atomic mass is 16.3. The Labute approximate surface area is 223 Å². The first-order valence-electron chi connectivity index (χ1n) is 13.1. The minimum absolute atomic E-state index is 0.0270. The number of H-pyrrole nitrogens is 1. The van der Waals surface area contributed by atoms with E-state index in [0.29, 0.717) is 16.8 Å². The van der Waals surface area contributed by atoms with Gasteiger partial charge in [-0.05, 0) is 69.6 Å². The molecule has 0 unspecified atom stereocenters. The maximum atomic E-state index is 11.9. The zero-order valence-corrected chi connectivity index (χ0v) is 21.8.